The van der Waals surface area contributed by atoms with Crippen LogP contribution in [0.2, 0.25) is 0 Å². The van der Waals surface area contributed by atoms with Gasteiger partial charge in [0, 0.05) is 35.8 Å². The predicted molar refractivity (Wildman–Crippen MR) is 111 cm³/mol. The van der Waals surface area contributed by atoms with Crippen molar-refractivity contribution in [1.82, 2.24) is 20.6 Å². The molecule has 1 saturated carbocycles. The Bertz CT molecular complexity index is 903. The molecular weight excluding hydrogens is 354 g/mol. The van der Waals surface area contributed by atoms with Crippen LogP contribution in [0.1, 0.15) is 44.1 Å². The van der Waals surface area contributed by atoms with E-state index in [1.807, 2.05) is 12.1 Å². The number of pyridine rings is 2. The quantitative estimate of drug-likeness (QED) is 0.648. The Balaban J connectivity index is 1.53. The molecule has 7 heteroatoms. The van der Waals surface area contributed by atoms with Crippen molar-refractivity contribution in [1.29, 1.82) is 0 Å². The first-order valence-corrected chi connectivity index (χ1v) is 10.4. The van der Waals surface area contributed by atoms with Crippen LogP contribution >= 0.6 is 0 Å². The number of fused-ring (bicyclic) bond motifs is 1. The molecule has 2 fully saturated rings. The zero-order chi connectivity index (χ0) is 19.5. The van der Waals surface area contributed by atoms with Crippen LogP contribution in [0.15, 0.2) is 23.1 Å². The summed E-state index contributed by atoms with van der Waals surface area (Å²) in [6, 6.07) is 4.04. The summed E-state index contributed by atoms with van der Waals surface area (Å²) in [6.07, 6.45) is 8.39. The molecule has 3 heterocycles. The van der Waals surface area contributed by atoms with E-state index >= 15 is 0 Å². The first-order chi connectivity index (χ1) is 13.6. The Labute approximate surface area is 164 Å². The van der Waals surface area contributed by atoms with E-state index in [0.717, 1.165) is 31.2 Å². The zero-order valence-electron chi connectivity index (χ0n) is 16.4. The molecule has 0 unspecified atom stereocenters. The molecule has 4 N–H and O–H groups in total. The Morgan fingerprint density at radius 3 is 2.86 bits per heavy atom. The van der Waals surface area contributed by atoms with Crippen molar-refractivity contribution < 1.29 is 4.79 Å². The lowest BCUT2D eigenvalue weighted by Gasteiger charge is -2.34. The summed E-state index contributed by atoms with van der Waals surface area (Å²) in [5.74, 6) is 0.586. The van der Waals surface area contributed by atoms with Crippen LogP contribution < -0.4 is 21.5 Å². The minimum absolute atomic E-state index is 0.0206. The van der Waals surface area contributed by atoms with Crippen molar-refractivity contribution in [2.75, 3.05) is 18.4 Å². The number of aryl methyl sites for hydroxylation is 1. The maximum absolute atomic E-state index is 13.0. The van der Waals surface area contributed by atoms with Gasteiger partial charge in [-0.25, -0.2) is 4.98 Å². The molecule has 7 nitrogen and oxygen atoms in total. The van der Waals surface area contributed by atoms with Crippen molar-refractivity contribution in [2.24, 2.45) is 5.92 Å². The number of hydrogen-bond acceptors (Lipinski definition) is 5. The van der Waals surface area contributed by atoms with Gasteiger partial charge >= 0.3 is 0 Å². The number of carbonyl (C=O) groups is 1. The first kappa shape index (κ1) is 18.9. The Morgan fingerprint density at radius 1 is 1.21 bits per heavy atom. The standard InChI is InChI=1S/C21H29N5O2/c1-13-11-14-7-10-23-19(18(14)26-20(13)27)25-17-8-9-22-12-16(17)21(28)24-15-5-3-2-4-6-15/h7,10-11,15-17,22H,2-6,8-9,12H2,1H3,(H,23,25)(H,24,28)(H,26,27)/t16-,17-/m1/s1. The minimum atomic E-state index is -0.162. The monoisotopic (exact) mass is 383 g/mol. The lowest BCUT2D eigenvalue weighted by Crippen LogP contribution is -2.53. The van der Waals surface area contributed by atoms with E-state index in [-0.39, 0.29) is 23.4 Å². The number of aromatic nitrogens is 2. The lowest BCUT2D eigenvalue weighted by molar-refractivity contribution is -0.126. The first-order valence-electron chi connectivity index (χ1n) is 10.4. The molecule has 2 aromatic rings. The summed E-state index contributed by atoms with van der Waals surface area (Å²) >= 11 is 0. The zero-order valence-corrected chi connectivity index (χ0v) is 16.4. The fourth-order valence-corrected chi connectivity index (χ4v) is 4.39. The van der Waals surface area contributed by atoms with Crippen LogP contribution in [-0.2, 0) is 4.79 Å². The van der Waals surface area contributed by atoms with E-state index < -0.39 is 0 Å². The maximum atomic E-state index is 13.0. The lowest BCUT2D eigenvalue weighted by atomic mass is 9.90. The molecule has 2 aromatic heterocycles. The van der Waals surface area contributed by atoms with Crippen LogP contribution in [0, 0.1) is 12.8 Å². The molecule has 0 bridgehead atoms. The Morgan fingerprint density at radius 2 is 2.04 bits per heavy atom. The Kier molecular flexibility index (Phi) is 5.62. The van der Waals surface area contributed by atoms with Gasteiger partial charge in [-0.05, 0) is 44.9 Å². The topological polar surface area (TPSA) is 98.9 Å². The molecule has 1 amide bonds. The number of carbonyl (C=O) groups excluding carboxylic acids is 1. The highest BCUT2D eigenvalue weighted by Gasteiger charge is 2.32. The summed E-state index contributed by atoms with van der Waals surface area (Å²) < 4.78 is 0. The van der Waals surface area contributed by atoms with Gasteiger partial charge in [0.15, 0.2) is 5.82 Å². The van der Waals surface area contributed by atoms with Gasteiger partial charge in [0.25, 0.3) is 5.56 Å². The minimum Gasteiger partial charge on any atom is -0.365 e. The number of nitrogens with zero attached hydrogens (tertiary/aromatic N) is 1. The van der Waals surface area contributed by atoms with Crippen molar-refractivity contribution in [3.63, 3.8) is 0 Å². The number of piperidine rings is 1. The number of amides is 1. The van der Waals surface area contributed by atoms with Gasteiger partial charge in [-0.1, -0.05) is 19.3 Å². The third-order valence-corrected chi connectivity index (χ3v) is 6.04. The number of hydrogen-bond donors (Lipinski definition) is 4. The van der Waals surface area contributed by atoms with Gasteiger partial charge in [-0.15, -0.1) is 0 Å². The average Bonchev–Trinajstić information content (AvgIpc) is 2.70. The van der Waals surface area contributed by atoms with Crippen LogP contribution in [0.25, 0.3) is 10.9 Å². The molecule has 2 atom stereocenters. The summed E-state index contributed by atoms with van der Waals surface area (Å²) in [4.78, 5) is 32.4. The second kappa shape index (κ2) is 8.31. The summed E-state index contributed by atoms with van der Waals surface area (Å²) in [5.41, 5.74) is 1.26. The molecular formula is C21H29N5O2. The third kappa shape index (κ3) is 4.04. The van der Waals surface area contributed by atoms with E-state index in [1.165, 1.54) is 19.3 Å². The second-order valence-corrected chi connectivity index (χ2v) is 8.10. The van der Waals surface area contributed by atoms with Crippen LogP contribution in [-0.4, -0.2) is 41.0 Å². The maximum Gasteiger partial charge on any atom is 0.251 e. The molecule has 28 heavy (non-hydrogen) atoms. The van der Waals surface area contributed by atoms with Crippen LogP contribution in [0.3, 0.4) is 0 Å². The molecule has 2 aliphatic rings. The highest BCUT2D eigenvalue weighted by atomic mass is 16.2. The molecule has 1 saturated heterocycles. The number of H-pyrrole nitrogens is 1. The number of nitrogens with one attached hydrogen (secondary N) is 4. The van der Waals surface area contributed by atoms with Crippen molar-refractivity contribution in [3.8, 4) is 0 Å². The molecule has 1 aliphatic heterocycles. The predicted octanol–water partition coefficient (Wildman–Crippen LogP) is 2.07. The van der Waals surface area contributed by atoms with E-state index in [4.69, 9.17) is 0 Å². The SMILES string of the molecule is Cc1cc2ccnc(N[C@@H]3CCNC[C@H]3C(=O)NC3CCCCC3)c2[nH]c1=O. The molecule has 0 spiro atoms. The fraction of sp³-hybridized carbons (Fsp3) is 0.571. The van der Waals surface area contributed by atoms with Gasteiger partial charge in [-0.2, -0.15) is 0 Å². The number of rotatable bonds is 4. The Hall–Kier alpha value is -2.41. The van der Waals surface area contributed by atoms with Gasteiger partial charge in [-0.3, -0.25) is 9.59 Å². The number of anilines is 1. The smallest absolute Gasteiger partial charge is 0.251 e. The normalized spacial score (nSPS) is 23.5. The molecule has 4 rings (SSSR count). The van der Waals surface area contributed by atoms with Gasteiger partial charge < -0.3 is 20.9 Å². The second-order valence-electron chi connectivity index (χ2n) is 8.10. The van der Waals surface area contributed by atoms with E-state index in [0.29, 0.717) is 29.5 Å². The number of aromatic amines is 1. The van der Waals surface area contributed by atoms with E-state index in [9.17, 15) is 9.59 Å². The van der Waals surface area contributed by atoms with Crippen molar-refractivity contribution in [3.05, 3.63) is 34.2 Å². The molecule has 0 radical (unpaired) electrons. The van der Waals surface area contributed by atoms with E-state index in [1.54, 1.807) is 13.1 Å². The molecule has 0 aromatic carbocycles. The van der Waals surface area contributed by atoms with Gasteiger partial charge in [0.1, 0.15) is 0 Å². The molecule has 150 valence electrons. The molecule has 1 aliphatic carbocycles. The highest BCUT2D eigenvalue weighted by molar-refractivity contribution is 5.89. The largest absolute Gasteiger partial charge is 0.365 e. The summed E-state index contributed by atoms with van der Waals surface area (Å²) in [6.45, 7) is 3.30. The summed E-state index contributed by atoms with van der Waals surface area (Å²) in [7, 11) is 0. The van der Waals surface area contributed by atoms with Crippen LogP contribution in [0.4, 0.5) is 5.82 Å². The van der Waals surface area contributed by atoms with Gasteiger partial charge in [0.05, 0.1) is 11.4 Å². The fourth-order valence-electron chi connectivity index (χ4n) is 4.39. The van der Waals surface area contributed by atoms with Crippen molar-refractivity contribution in [2.45, 2.75) is 57.5 Å². The summed E-state index contributed by atoms with van der Waals surface area (Å²) in [5, 5.41) is 11.0. The van der Waals surface area contributed by atoms with Gasteiger partial charge in [0.2, 0.25) is 5.91 Å². The highest BCUT2D eigenvalue weighted by Crippen LogP contribution is 2.24. The van der Waals surface area contributed by atoms with Crippen molar-refractivity contribution >= 4 is 22.6 Å². The van der Waals surface area contributed by atoms with E-state index in [2.05, 4.69) is 25.9 Å². The average molecular weight is 383 g/mol. The third-order valence-electron chi connectivity index (χ3n) is 6.04. The van der Waals surface area contributed by atoms with Crippen LogP contribution in [0.5, 0.6) is 0 Å².